The van der Waals surface area contributed by atoms with Gasteiger partial charge in [0.2, 0.25) is 5.95 Å². The van der Waals surface area contributed by atoms with E-state index in [1.807, 2.05) is 49.9 Å². The number of aromatic nitrogens is 8. The fourth-order valence-corrected chi connectivity index (χ4v) is 3.96. The lowest BCUT2D eigenvalue weighted by Gasteiger charge is -2.35. The highest BCUT2D eigenvalue weighted by Crippen LogP contribution is 2.19. The van der Waals surface area contributed by atoms with Gasteiger partial charge in [0.05, 0.1) is 18.4 Å². The Morgan fingerprint density at radius 3 is 2.58 bits per heavy atom. The molecule has 3 N–H and O–H groups in total. The fourth-order valence-electron chi connectivity index (χ4n) is 3.96. The van der Waals surface area contributed by atoms with Crippen molar-refractivity contribution in [3.05, 3.63) is 59.8 Å². The van der Waals surface area contributed by atoms with Crippen LogP contribution in [0.2, 0.25) is 0 Å². The summed E-state index contributed by atoms with van der Waals surface area (Å²) in [4.78, 5) is 30.5. The third-order valence-electron chi connectivity index (χ3n) is 5.92. The number of piperazine rings is 1. The van der Waals surface area contributed by atoms with Gasteiger partial charge in [0, 0.05) is 55.9 Å². The number of amides is 2. The highest BCUT2D eigenvalue weighted by atomic mass is 16.2. The van der Waals surface area contributed by atoms with E-state index >= 15 is 0 Å². The van der Waals surface area contributed by atoms with Crippen LogP contribution in [-0.4, -0.2) is 77.3 Å². The van der Waals surface area contributed by atoms with Crippen molar-refractivity contribution < 1.29 is 4.79 Å². The molecule has 13 nitrogen and oxygen atoms in total. The van der Waals surface area contributed by atoms with Crippen LogP contribution in [0.1, 0.15) is 29.9 Å². The summed E-state index contributed by atoms with van der Waals surface area (Å²) >= 11 is 0. The van der Waals surface area contributed by atoms with Crippen LogP contribution >= 0.6 is 0 Å². The summed E-state index contributed by atoms with van der Waals surface area (Å²) in [6.07, 6.45) is 5.07. The molecule has 36 heavy (non-hydrogen) atoms. The number of nitrogens with zero attached hydrogens (tertiary/aromatic N) is 9. The zero-order valence-electron chi connectivity index (χ0n) is 20.4. The molecule has 1 aliphatic rings. The molecule has 186 valence electrons. The van der Waals surface area contributed by atoms with Crippen LogP contribution in [-0.2, 0) is 0 Å². The van der Waals surface area contributed by atoms with Gasteiger partial charge in [-0.2, -0.15) is 10.1 Å². The zero-order chi connectivity index (χ0) is 25.1. The first-order valence-corrected chi connectivity index (χ1v) is 11.7. The summed E-state index contributed by atoms with van der Waals surface area (Å²) in [6, 6.07) is 7.28. The largest absolute Gasteiger partial charge is 0.337 e. The number of aryl methyl sites for hydroxylation is 2. The number of carbonyl (C=O) groups is 1. The van der Waals surface area contributed by atoms with Gasteiger partial charge in [0.25, 0.3) is 0 Å². The number of hydrogen-bond donors (Lipinski definition) is 3. The maximum absolute atomic E-state index is 12.9. The van der Waals surface area contributed by atoms with Gasteiger partial charge >= 0.3 is 6.03 Å². The molecule has 0 aliphatic carbocycles. The van der Waals surface area contributed by atoms with Gasteiger partial charge in [-0.3, -0.25) is 5.10 Å². The number of H-pyrrole nitrogens is 1. The monoisotopic (exact) mass is 488 g/mol. The number of hydrogen-bond acceptors (Lipinski definition) is 9. The molecule has 2 amide bonds. The molecule has 1 atom stereocenters. The molecule has 0 unspecified atom stereocenters. The van der Waals surface area contributed by atoms with Crippen LogP contribution < -0.4 is 15.5 Å². The average molecular weight is 489 g/mol. The molecule has 0 saturated carbocycles. The van der Waals surface area contributed by atoms with Crippen molar-refractivity contribution >= 4 is 23.6 Å². The molecule has 1 aliphatic heterocycles. The molecule has 5 rings (SSSR count). The number of urea groups is 1. The van der Waals surface area contributed by atoms with E-state index in [4.69, 9.17) is 0 Å². The van der Waals surface area contributed by atoms with Crippen molar-refractivity contribution in [1.82, 2.24) is 50.4 Å². The maximum atomic E-state index is 12.9. The van der Waals surface area contributed by atoms with E-state index in [9.17, 15) is 4.79 Å². The molecule has 1 fully saturated rings. The Morgan fingerprint density at radius 2 is 1.92 bits per heavy atom. The second-order valence-corrected chi connectivity index (χ2v) is 8.70. The summed E-state index contributed by atoms with van der Waals surface area (Å²) in [5.41, 5.74) is 2.73. The molecule has 4 aromatic rings. The van der Waals surface area contributed by atoms with Gasteiger partial charge in [-0.15, -0.1) is 5.10 Å². The normalized spacial score (nSPS) is 14.5. The Labute approximate surface area is 208 Å². The fraction of sp³-hybridized carbons (Fsp3) is 0.348. The van der Waals surface area contributed by atoms with E-state index in [-0.39, 0.29) is 12.1 Å². The second-order valence-electron chi connectivity index (χ2n) is 8.70. The van der Waals surface area contributed by atoms with Crippen molar-refractivity contribution in [3.63, 3.8) is 0 Å². The highest BCUT2D eigenvalue weighted by molar-refractivity contribution is 5.75. The van der Waals surface area contributed by atoms with Gasteiger partial charge in [-0.05, 0) is 32.4 Å². The molecule has 0 bridgehead atoms. The van der Waals surface area contributed by atoms with Crippen molar-refractivity contribution in [2.24, 2.45) is 0 Å². The zero-order valence-corrected chi connectivity index (χ0v) is 20.4. The third-order valence-corrected chi connectivity index (χ3v) is 5.92. The van der Waals surface area contributed by atoms with Gasteiger partial charge in [0.1, 0.15) is 5.82 Å². The number of carbonyl (C=O) groups excluding carboxylic acids is 1. The first-order chi connectivity index (χ1) is 17.4. The van der Waals surface area contributed by atoms with Crippen LogP contribution in [0.15, 0.2) is 42.9 Å². The molecular weight excluding hydrogens is 460 g/mol. The van der Waals surface area contributed by atoms with Crippen LogP contribution in [0.25, 0.3) is 5.82 Å². The van der Waals surface area contributed by atoms with E-state index in [1.165, 1.54) is 0 Å². The molecular formula is C23H28N12O. The lowest BCUT2D eigenvalue weighted by molar-refractivity contribution is 0.191. The Kier molecular flexibility index (Phi) is 6.43. The van der Waals surface area contributed by atoms with E-state index in [2.05, 4.69) is 51.0 Å². The first-order valence-electron chi connectivity index (χ1n) is 11.7. The van der Waals surface area contributed by atoms with Crippen molar-refractivity contribution in [2.75, 3.05) is 36.4 Å². The van der Waals surface area contributed by atoms with Crippen LogP contribution in [0.3, 0.4) is 0 Å². The molecule has 0 radical (unpaired) electrons. The van der Waals surface area contributed by atoms with E-state index in [0.717, 1.165) is 17.0 Å². The Morgan fingerprint density at radius 1 is 1.08 bits per heavy atom. The summed E-state index contributed by atoms with van der Waals surface area (Å²) in [5, 5.41) is 21.1. The summed E-state index contributed by atoms with van der Waals surface area (Å²) in [7, 11) is 0. The molecule has 0 spiro atoms. The number of aromatic amines is 1. The third kappa shape index (κ3) is 5.24. The van der Waals surface area contributed by atoms with E-state index in [1.54, 1.807) is 23.3 Å². The number of anilines is 3. The number of pyridine rings is 1. The molecule has 1 saturated heterocycles. The highest BCUT2D eigenvalue weighted by Gasteiger charge is 2.24. The average Bonchev–Trinajstić information content (AvgIpc) is 3.56. The van der Waals surface area contributed by atoms with E-state index in [0.29, 0.717) is 49.6 Å². The summed E-state index contributed by atoms with van der Waals surface area (Å²) < 4.78 is 1.58. The minimum Gasteiger partial charge on any atom is -0.337 e. The Balaban J connectivity index is 1.16. The lowest BCUT2D eigenvalue weighted by Crippen LogP contribution is -2.52. The number of nitrogens with one attached hydrogen (secondary N) is 3. The van der Waals surface area contributed by atoms with Crippen molar-refractivity contribution in [1.29, 1.82) is 0 Å². The minimum absolute atomic E-state index is 0.107. The summed E-state index contributed by atoms with van der Waals surface area (Å²) in [6.45, 7) is 8.24. The maximum Gasteiger partial charge on any atom is 0.317 e. The van der Waals surface area contributed by atoms with Crippen LogP contribution in [0, 0.1) is 13.8 Å². The SMILES string of the molecule is Cc1cc(Nc2cc(C)[nH]n2)nc(N2CCN(C(=O)N[C@@H](C)c3ccc(-n4ccnn4)nc3)CC2)n1. The molecule has 5 heterocycles. The molecule has 13 heteroatoms. The molecule has 4 aromatic heterocycles. The van der Waals surface area contributed by atoms with Crippen LogP contribution in [0.4, 0.5) is 22.4 Å². The predicted molar refractivity (Wildman–Crippen MR) is 133 cm³/mol. The van der Waals surface area contributed by atoms with Crippen molar-refractivity contribution in [3.8, 4) is 5.82 Å². The summed E-state index contributed by atoms with van der Waals surface area (Å²) in [5.74, 6) is 2.69. The van der Waals surface area contributed by atoms with Crippen molar-refractivity contribution in [2.45, 2.75) is 26.8 Å². The Bertz CT molecular complexity index is 1310. The molecule has 0 aromatic carbocycles. The minimum atomic E-state index is -0.188. The van der Waals surface area contributed by atoms with Gasteiger partial charge in [-0.25, -0.2) is 19.4 Å². The van der Waals surface area contributed by atoms with Gasteiger partial charge in [-0.1, -0.05) is 11.3 Å². The lowest BCUT2D eigenvalue weighted by atomic mass is 10.1. The first kappa shape index (κ1) is 23.2. The number of rotatable bonds is 6. The topological polar surface area (TPSA) is 146 Å². The quantitative estimate of drug-likeness (QED) is 0.371. The predicted octanol–water partition coefficient (Wildman–Crippen LogP) is 2.13. The smallest absolute Gasteiger partial charge is 0.317 e. The van der Waals surface area contributed by atoms with Gasteiger partial charge < -0.3 is 20.4 Å². The Hall–Kier alpha value is -4.55. The second kappa shape index (κ2) is 9.98. The van der Waals surface area contributed by atoms with E-state index < -0.39 is 0 Å². The van der Waals surface area contributed by atoms with Crippen LogP contribution in [0.5, 0.6) is 0 Å². The van der Waals surface area contributed by atoms with Gasteiger partial charge in [0.15, 0.2) is 11.6 Å². The standard InChI is InChI=1S/C23H28N12O/c1-15-12-19(28-20-13-16(2)30-31-20)29-22(26-15)33-8-10-34(11-9-33)23(36)27-17(3)18-4-5-21(24-14-18)35-7-6-25-32-35/h4-7,12-14,17H,8-11H2,1-3H3,(H,27,36)(H2,26,28,29,30,31)/t17-/m0/s1.